The average Bonchev–Trinajstić information content (AvgIpc) is 3.12. The maximum Gasteiger partial charge on any atom is 0.351 e. The van der Waals surface area contributed by atoms with E-state index in [0.717, 1.165) is 16.7 Å². The van der Waals surface area contributed by atoms with E-state index in [4.69, 9.17) is 14.2 Å². The van der Waals surface area contributed by atoms with Gasteiger partial charge >= 0.3 is 11.9 Å². The van der Waals surface area contributed by atoms with Crippen molar-refractivity contribution < 1.29 is 33.3 Å². The number of hydrogen-bond acceptors (Lipinski definition) is 8. The van der Waals surface area contributed by atoms with Gasteiger partial charge in [0, 0.05) is 0 Å². The van der Waals surface area contributed by atoms with Crippen LogP contribution in [0, 0.1) is 5.82 Å². The third-order valence-electron chi connectivity index (χ3n) is 5.50. The number of rotatable bonds is 6. The second-order valence-electron chi connectivity index (χ2n) is 7.31. The Morgan fingerprint density at radius 2 is 1.82 bits per heavy atom. The van der Waals surface area contributed by atoms with E-state index >= 15 is 0 Å². The number of aliphatic hydroxyl groups is 1. The van der Waals surface area contributed by atoms with Crippen LogP contribution in [-0.4, -0.2) is 52.5 Å². The molecule has 4 rings (SSSR count). The SMILES string of the molecule is CCOC(=O)C(O)(C(=O)OCC)C1c2cc(F)ccc2-n2c1nc1c(OC)cccc1c2=O. The predicted octanol–water partition coefficient (Wildman–Crippen LogP) is 1.84. The van der Waals surface area contributed by atoms with Crippen molar-refractivity contribution in [2.45, 2.75) is 25.4 Å². The summed E-state index contributed by atoms with van der Waals surface area (Å²) in [6.07, 6.45) is 0. The number of fused-ring (bicyclic) bond motifs is 4. The van der Waals surface area contributed by atoms with Crippen LogP contribution in [0.5, 0.6) is 5.75 Å². The van der Waals surface area contributed by atoms with Crippen molar-refractivity contribution in [1.29, 1.82) is 0 Å². The van der Waals surface area contributed by atoms with Crippen LogP contribution in [0.1, 0.15) is 31.2 Å². The van der Waals surface area contributed by atoms with Crippen molar-refractivity contribution >= 4 is 22.8 Å². The Morgan fingerprint density at radius 1 is 1.15 bits per heavy atom. The number of carbonyl (C=O) groups is 2. The smallest absolute Gasteiger partial charge is 0.351 e. The molecule has 1 unspecified atom stereocenters. The van der Waals surface area contributed by atoms with Crippen molar-refractivity contribution in [3.8, 4) is 11.4 Å². The summed E-state index contributed by atoms with van der Waals surface area (Å²) >= 11 is 0. The number of benzene rings is 2. The molecule has 2 aromatic carbocycles. The van der Waals surface area contributed by atoms with Gasteiger partial charge in [0.1, 0.15) is 22.9 Å². The van der Waals surface area contributed by atoms with Gasteiger partial charge in [0.05, 0.1) is 37.3 Å². The number of ether oxygens (including phenoxy) is 3. The Bertz CT molecular complexity index is 1320. The lowest BCUT2D eigenvalue weighted by atomic mass is 9.82. The Labute approximate surface area is 187 Å². The summed E-state index contributed by atoms with van der Waals surface area (Å²) in [6.45, 7) is 2.71. The molecule has 0 aliphatic carbocycles. The Morgan fingerprint density at radius 3 is 2.42 bits per heavy atom. The van der Waals surface area contributed by atoms with Gasteiger partial charge in [0.25, 0.3) is 11.2 Å². The number of nitrogens with zero attached hydrogens (tertiary/aromatic N) is 2. The lowest BCUT2D eigenvalue weighted by Gasteiger charge is -2.29. The van der Waals surface area contributed by atoms with Crippen LogP contribution in [-0.2, 0) is 19.1 Å². The summed E-state index contributed by atoms with van der Waals surface area (Å²) in [5, 5.41) is 11.7. The quantitative estimate of drug-likeness (QED) is 0.441. The first kappa shape index (κ1) is 22.4. The zero-order valence-corrected chi connectivity index (χ0v) is 18.1. The monoisotopic (exact) mass is 456 g/mol. The van der Waals surface area contributed by atoms with Gasteiger partial charge in [-0.25, -0.2) is 19.0 Å². The van der Waals surface area contributed by atoms with Gasteiger partial charge in [-0.05, 0) is 49.7 Å². The number of halogens is 1. The molecule has 0 saturated carbocycles. The minimum Gasteiger partial charge on any atom is -0.494 e. The molecule has 1 atom stereocenters. The van der Waals surface area contributed by atoms with Crippen LogP contribution in [0.2, 0.25) is 0 Å². The minimum atomic E-state index is -2.93. The molecule has 0 saturated heterocycles. The molecule has 0 amide bonds. The van der Waals surface area contributed by atoms with E-state index in [2.05, 4.69) is 4.98 Å². The van der Waals surface area contributed by atoms with Gasteiger partial charge in [-0.2, -0.15) is 0 Å². The molecule has 2 heterocycles. The number of hydrogen-bond donors (Lipinski definition) is 1. The van der Waals surface area contributed by atoms with E-state index in [1.165, 1.54) is 27.0 Å². The molecule has 0 radical (unpaired) electrons. The summed E-state index contributed by atoms with van der Waals surface area (Å²) < 4.78 is 30.7. The largest absolute Gasteiger partial charge is 0.494 e. The van der Waals surface area contributed by atoms with E-state index in [-0.39, 0.29) is 46.9 Å². The summed E-state index contributed by atoms with van der Waals surface area (Å²) in [6, 6.07) is 8.23. The maximum absolute atomic E-state index is 14.3. The first-order chi connectivity index (χ1) is 15.8. The second kappa shape index (κ2) is 8.28. The average molecular weight is 456 g/mol. The van der Waals surface area contributed by atoms with E-state index in [9.17, 15) is 23.9 Å². The number of para-hydroxylation sites is 1. The number of aromatic nitrogens is 2. The Balaban J connectivity index is 2.12. The fourth-order valence-electron chi connectivity index (χ4n) is 4.10. The third-order valence-corrected chi connectivity index (χ3v) is 5.50. The van der Waals surface area contributed by atoms with Crippen LogP contribution in [0.25, 0.3) is 16.6 Å². The molecule has 1 aliphatic rings. The first-order valence-electron chi connectivity index (χ1n) is 10.3. The van der Waals surface area contributed by atoms with E-state index in [1.807, 2.05) is 0 Å². The molecule has 3 aromatic rings. The Kier molecular flexibility index (Phi) is 5.62. The van der Waals surface area contributed by atoms with Gasteiger partial charge in [-0.15, -0.1) is 0 Å². The Hall–Kier alpha value is -3.79. The normalized spacial score (nSPS) is 14.5. The third kappa shape index (κ3) is 3.25. The zero-order chi connectivity index (χ0) is 23.9. The molecule has 172 valence electrons. The highest BCUT2D eigenvalue weighted by atomic mass is 19.1. The molecule has 1 aliphatic heterocycles. The fourth-order valence-corrected chi connectivity index (χ4v) is 4.10. The molecule has 0 spiro atoms. The molecule has 9 nitrogen and oxygen atoms in total. The summed E-state index contributed by atoms with van der Waals surface area (Å²) in [5.41, 5.74) is -3.13. The molecular formula is C23H21FN2O7. The summed E-state index contributed by atoms with van der Waals surface area (Å²) in [4.78, 5) is 43.8. The van der Waals surface area contributed by atoms with Crippen LogP contribution in [0.4, 0.5) is 4.39 Å². The van der Waals surface area contributed by atoms with Crippen molar-refractivity contribution in [2.24, 2.45) is 0 Å². The lowest BCUT2D eigenvalue weighted by molar-refractivity contribution is -0.185. The van der Waals surface area contributed by atoms with E-state index in [1.54, 1.807) is 18.2 Å². The minimum absolute atomic E-state index is 0.0116. The number of methoxy groups -OCH3 is 1. The van der Waals surface area contributed by atoms with Gasteiger partial charge < -0.3 is 19.3 Å². The van der Waals surface area contributed by atoms with Crippen molar-refractivity contribution in [3.63, 3.8) is 0 Å². The molecule has 10 heteroatoms. The number of carbonyl (C=O) groups excluding carboxylic acids is 2. The van der Waals surface area contributed by atoms with Crippen LogP contribution < -0.4 is 10.3 Å². The maximum atomic E-state index is 14.3. The predicted molar refractivity (Wildman–Crippen MR) is 114 cm³/mol. The lowest BCUT2D eigenvalue weighted by Crippen LogP contribution is -2.54. The highest BCUT2D eigenvalue weighted by Crippen LogP contribution is 2.45. The van der Waals surface area contributed by atoms with Crippen LogP contribution in [0.15, 0.2) is 41.2 Å². The van der Waals surface area contributed by atoms with Gasteiger partial charge in [0.2, 0.25) is 0 Å². The van der Waals surface area contributed by atoms with Gasteiger partial charge in [0.15, 0.2) is 0 Å². The molecular weight excluding hydrogens is 435 g/mol. The van der Waals surface area contributed by atoms with Gasteiger partial charge in [-0.3, -0.25) is 9.36 Å². The zero-order valence-electron chi connectivity index (χ0n) is 18.1. The van der Waals surface area contributed by atoms with Crippen molar-refractivity contribution in [1.82, 2.24) is 9.55 Å². The van der Waals surface area contributed by atoms with Crippen molar-refractivity contribution in [3.05, 3.63) is 64.0 Å². The van der Waals surface area contributed by atoms with Gasteiger partial charge in [-0.1, -0.05) is 6.07 Å². The topological polar surface area (TPSA) is 117 Å². The van der Waals surface area contributed by atoms with E-state index in [0.29, 0.717) is 0 Å². The standard InChI is InChI=1S/C23H21FN2O7/c1-4-32-21(28)23(30,22(29)33-5-2)17-14-11-12(24)9-10-15(14)26-19(17)25-18-13(20(26)27)7-6-8-16(18)31-3/h6-11,17,30H,4-5H2,1-3H3. The van der Waals surface area contributed by atoms with Crippen molar-refractivity contribution in [2.75, 3.05) is 20.3 Å². The highest BCUT2D eigenvalue weighted by Gasteiger charge is 2.59. The molecule has 0 fully saturated rings. The van der Waals surface area contributed by atoms with Crippen LogP contribution >= 0.6 is 0 Å². The molecule has 1 N–H and O–H groups in total. The first-order valence-corrected chi connectivity index (χ1v) is 10.3. The second-order valence-corrected chi connectivity index (χ2v) is 7.31. The molecule has 0 bridgehead atoms. The molecule has 1 aromatic heterocycles. The summed E-state index contributed by atoms with van der Waals surface area (Å²) in [5.74, 6) is -4.76. The van der Waals surface area contributed by atoms with Crippen LogP contribution in [0.3, 0.4) is 0 Å². The van der Waals surface area contributed by atoms with E-state index < -0.39 is 34.8 Å². The highest BCUT2D eigenvalue weighted by molar-refractivity contribution is 6.05. The summed E-state index contributed by atoms with van der Waals surface area (Å²) in [7, 11) is 1.40. The number of esters is 2. The molecule has 33 heavy (non-hydrogen) atoms. The fraction of sp³-hybridized carbons (Fsp3) is 0.304.